The molecule has 0 amide bonds. The van der Waals surface area contributed by atoms with Gasteiger partial charge in [0.25, 0.3) is 0 Å². The van der Waals surface area contributed by atoms with Crippen LogP contribution in [0.15, 0.2) is 54.6 Å². The molecule has 2 saturated carbocycles. The van der Waals surface area contributed by atoms with Crippen molar-refractivity contribution in [3.8, 4) is 11.5 Å². The number of sulfone groups is 1. The number of fused-ring (bicyclic) bond motifs is 5. The Morgan fingerprint density at radius 3 is 2.38 bits per heavy atom. The van der Waals surface area contributed by atoms with E-state index in [1.165, 1.54) is 28.7 Å². The zero-order valence-electron chi connectivity index (χ0n) is 25.7. The molecule has 0 bridgehead atoms. The number of phenols is 1. The summed E-state index contributed by atoms with van der Waals surface area (Å²) in [6.45, 7) is 7.27. The highest BCUT2D eigenvalue weighted by Gasteiger charge is 2.57. The van der Waals surface area contributed by atoms with Crippen molar-refractivity contribution in [3.63, 3.8) is 0 Å². The highest BCUT2D eigenvalue weighted by molar-refractivity contribution is 7.91. The summed E-state index contributed by atoms with van der Waals surface area (Å²) < 4.78 is 92.9. The number of aryl methyl sites for hydroxylation is 1. The van der Waals surface area contributed by atoms with Gasteiger partial charge in [-0.05, 0) is 128 Å². The van der Waals surface area contributed by atoms with E-state index in [-0.39, 0.29) is 17.6 Å². The summed E-state index contributed by atoms with van der Waals surface area (Å²) >= 11 is 0. The van der Waals surface area contributed by atoms with Crippen LogP contribution in [0.1, 0.15) is 93.2 Å². The molecule has 4 nitrogen and oxygen atoms in total. The summed E-state index contributed by atoms with van der Waals surface area (Å²) in [5.74, 6) is -2.93. The van der Waals surface area contributed by atoms with E-state index < -0.39 is 40.5 Å². The largest absolute Gasteiger partial charge is 0.508 e. The highest BCUT2D eigenvalue weighted by atomic mass is 32.2. The van der Waals surface area contributed by atoms with Crippen molar-refractivity contribution in [2.75, 3.05) is 18.1 Å². The van der Waals surface area contributed by atoms with E-state index in [2.05, 4.69) is 31.7 Å². The van der Waals surface area contributed by atoms with Crippen molar-refractivity contribution < 1.29 is 40.2 Å². The Morgan fingerprint density at radius 2 is 1.67 bits per heavy atom. The molecule has 3 aliphatic carbocycles. The van der Waals surface area contributed by atoms with Gasteiger partial charge in [-0.25, -0.2) is 8.42 Å². The van der Waals surface area contributed by atoms with E-state index in [1.54, 1.807) is 0 Å². The van der Waals surface area contributed by atoms with E-state index in [9.17, 15) is 35.5 Å². The molecule has 2 aromatic carbocycles. The summed E-state index contributed by atoms with van der Waals surface area (Å²) in [4.78, 5) is 0. The second kappa shape index (κ2) is 12.9. The maximum Gasteiger partial charge on any atom is 0.453 e. The minimum atomic E-state index is -5.67. The maximum atomic E-state index is 13.0. The van der Waals surface area contributed by atoms with Crippen LogP contribution in [0.5, 0.6) is 11.5 Å². The molecule has 0 heterocycles. The first kappa shape index (κ1) is 33.7. The lowest BCUT2D eigenvalue weighted by Gasteiger charge is -2.53. The number of unbranched alkanes of at least 4 members (excludes halogenated alkanes) is 2. The minimum Gasteiger partial charge on any atom is -0.508 e. The van der Waals surface area contributed by atoms with Crippen LogP contribution < -0.4 is 4.74 Å². The minimum absolute atomic E-state index is 0.108. The number of aromatic hydroxyl groups is 1. The van der Waals surface area contributed by atoms with Gasteiger partial charge in [0, 0.05) is 6.42 Å². The summed E-state index contributed by atoms with van der Waals surface area (Å²) in [6, 6.07) is 14.1. The first-order valence-electron chi connectivity index (χ1n) is 16.0. The van der Waals surface area contributed by atoms with Crippen LogP contribution in [-0.4, -0.2) is 43.7 Å². The van der Waals surface area contributed by atoms with Gasteiger partial charge in [0.2, 0.25) is 0 Å². The third-order valence-corrected chi connectivity index (χ3v) is 12.5. The number of benzene rings is 2. The van der Waals surface area contributed by atoms with E-state index in [4.69, 9.17) is 4.74 Å². The molecule has 0 aliphatic heterocycles. The predicted octanol–water partition coefficient (Wildman–Crippen LogP) is 9.14. The van der Waals surface area contributed by atoms with Crippen molar-refractivity contribution in [1.29, 1.82) is 0 Å². The van der Waals surface area contributed by atoms with Crippen LogP contribution in [0.3, 0.4) is 0 Å². The third-order valence-electron chi connectivity index (χ3n) is 10.7. The molecule has 10 heteroatoms. The molecule has 45 heavy (non-hydrogen) atoms. The smallest absolute Gasteiger partial charge is 0.453 e. The van der Waals surface area contributed by atoms with Crippen LogP contribution in [0.2, 0.25) is 0 Å². The monoisotopic (exact) mass is 654 g/mol. The van der Waals surface area contributed by atoms with Gasteiger partial charge >= 0.3 is 12.1 Å². The Balaban J connectivity index is 1.14. The van der Waals surface area contributed by atoms with Gasteiger partial charge in [0.15, 0.2) is 0 Å². The first-order valence-corrected chi connectivity index (χ1v) is 17.8. The van der Waals surface area contributed by atoms with Gasteiger partial charge in [-0.15, -0.1) is 0 Å². The Hall–Kier alpha value is -2.62. The molecule has 1 N–H and O–H groups in total. The lowest BCUT2D eigenvalue weighted by Crippen LogP contribution is -2.44. The van der Waals surface area contributed by atoms with Gasteiger partial charge < -0.3 is 9.84 Å². The zero-order valence-corrected chi connectivity index (χ0v) is 26.5. The first-order chi connectivity index (χ1) is 21.1. The quantitative estimate of drug-likeness (QED) is 0.141. The number of hydrogen-bond acceptors (Lipinski definition) is 4. The standard InChI is InChI=1S/C35H43F5O4S/c1-23-7-16-31-29-14-10-25-21-26(41)11-15-28(25)32(29)30(22-33(23,31)2)24-8-12-27(13-9-24)44-18-4-3-5-19-45(42,43)20-6-17-34(36,37)35(38,39)40/h8-9,11-13,15,21,29-32,41H,1,3-7,10,14,16-20,22H2,2H3/t29-,30+,31-,32+,33+/m0/s1. The molecular formula is C35H43F5O4S. The fraction of sp³-hybridized carbons (Fsp3) is 0.600. The van der Waals surface area contributed by atoms with Crippen LogP contribution >= 0.6 is 0 Å². The molecule has 2 aromatic rings. The summed E-state index contributed by atoms with van der Waals surface area (Å²) in [6.07, 6.45) is -1.14. The Bertz CT molecular complexity index is 1470. The maximum absolute atomic E-state index is 13.0. The number of ether oxygens (including phenoxy) is 1. The molecule has 3 aliphatic rings. The predicted molar refractivity (Wildman–Crippen MR) is 165 cm³/mol. The lowest BCUT2D eigenvalue weighted by molar-refractivity contribution is -0.284. The van der Waals surface area contributed by atoms with Gasteiger partial charge in [0.05, 0.1) is 18.1 Å². The Morgan fingerprint density at radius 1 is 0.956 bits per heavy atom. The van der Waals surface area contributed by atoms with Crippen molar-refractivity contribution in [2.45, 2.75) is 95.1 Å². The zero-order chi connectivity index (χ0) is 32.6. The Labute approximate surface area is 263 Å². The highest BCUT2D eigenvalue weighted by Crippen LogP contribution is 2.66. The van der Waals surface area contributed by atoms with Crippen LogP contribution in [0, 0.1) is 17.3 Å². The van der Waals surface area contributed by atoms with Crippen LogP contribution in [0.25, 0.3) is 0 Å². The van der Waals surface area contributed by atoms with Gasteiger partial charge in [0.1, 0.15) is 21.3 Å². The SMILES string of the molecule is C=C1CC[C@H]2[C@@H]3CCc4cc(O)ccc4[C@H]3[C@@H](c3ccc(OCCCCCS(=O)(=O)CCCC(F)(F)C(F)(F)F)cc3)C[C@]12C. The van der Waals surface area contributed by atoms with Crippen molar-refractivity contribution in [2.24, 2.45) is 17.3 Å². The second-order valence-corrected chi connectivity index (χ2v) is 15.8. The fourth-order valence-corrected chi connectivity index (χ4v) is 9.71. The number of allylic oxidation sites excluding steroid dienone is 1. The van der Waals surface area contributed by atoms with E-state index in [0.29, 0.717) is 54.6 Å². The molecule has 2 fully saturated rings. The molecule has 5 atom stereocenters. The number of phenolic OH excluding ortho intramolecular Hbond substituents is 1. The van der Waals surface area contributed by atoms with Crippen molar-refractivity contribution >= 4 is 9.84 Å². The molecule has 0 spiro atoms. The van der Waals surface area contributed by atoms with Crippen LogP contribution in [-0.2, 0) is 16.3 Å². The van der Waals surface area contributed by atoms with Crippen LogP contribution in [0.4, 0.5) is 22.0 Å². The molecule has 0 aromatic heterocycles. The van der Waals surface area contributed by atoms with Crippen molar-refractivity contribution in [3.05, 3.63) is 71.3 Å². The van der Waals surface area contributed by atoms with Gasteiger partial charge in [-0.2, -0.15) is 22.0 Å². The molecule has 0 radical (unpaired) electrons. The summed E-state index contributed by atoms with van der Waals surface area (Å²) in [5.41, 5.74) is 5.34. The van der Waals surface area contributed by atoms with E-state index in [0.717, 1.165) is 25.7 Å². The number of alkyl halides is 5. The number of halogens is 5. The Kier molecular flexibility index (Phi) is 9.66. The molecule has 5 rings (SSSR count). The summed E-state index contributed by atoms with van der Waals surface area (Å²) in [7, 11) is -3.71. The van der Waals surface area contributed by atoms with Gasteiger partial charge in [-0.3, -0.25) is 0 Å². The average molecular weight is 655 g/mol. The second-order valence-electron chi connectivity index (χ2n) is 13.5. The molecule has 248 valence electrons. The lowest BCUT2D eigenvalue weighted by atomic mass is 9.50. The number of hydrogen-bond donors (Lipinski definition) is 1. The number of rotatable bonds is 12. The summed E-state index contributed by atoms with van der Waals surface area (Å²) in [5, 5.41) is 10.1. The van der Waals surface area contributed by atoms with E-state index in [1.807, 2.05) is 24.3 Å². The normalized spacial score (nSPS) is 26.7. The fourth-order valence-electron chi connectivity index (χ4n) is 8.28. The van der Waals surface area contributed by atoms with Crippen molar-refractivity contribution in [1.82, 2.24) is 0 Å². The topological polar surface area (TPSA) is 63.6 Å². The average Bonchev–Trinajstić information content (AvgIpc) is 3.27. The third kappa shape index (κ3) is 7.20. The van der Waals surface area contributed by atoms with E-state index >= 15 is 0 Å². The molecule has 0 unspecified atom stereocenters. The van der Waals surface area contributed by atoms with Gasteiger partial charge in [-0.1, -0.05) is 37.3 Å². The molecular weight excluding hydrogens is 611 g/mol. The molecule has 0 saturated heterocycles.